The van der Waals surface area contributed by atoms with Crippen molar-refractivity contribution in [2.24, 2.45) is 0 Å². The van der Waals surface area contributed by atoms with Gasteiger partial charge in [0, 0.05) is 4.88 Å². The lowest BCUT2D eigenvalue weighted by atomic mass is 10.2. The predicted octanol–water partition coefficient (Wildman–Crippen LogP) is 2.87. The van der Waals surface area contributed by atoms with Crippen molar-refractivity contribution in [2.75, 3.05) is 5.73 Å². The summed E-state index contributed by atoms with van der Waals surface area (Å²) in [5, 5.41) is 2.85. The maximum Gasteiger partial charge on any atom is 0.270 e. The molecule has 0 saturated carbocycles. The van der Waals surface area contributed by atoms with Crippen LogP contribution >= 0.6 is 22.9 Å². The Hall–Kier alpha value is -1.59. The molecule has 0 radical (unpaired) electrons. The average Bonchev–Trinajstić information content (AvgIpc) is 2.76. The number of nitrogen functional groups attached to an aromatic ring is 1. The van der Waals surface area contributed by atoms with Gasteiger partial charge in [-0.2, -0.15) is 0 Å². The van der Waals surface area contributed by atoms with E-state index in [4.69, 9.17) is 17.3 Å². The van der Waals surface area contributed by atoms with E-state index < -0.39 is 0 Å². The van der Waals surface area contributed by atoms with Gasteiger partial charge in [0.2, 0.25) is 0 Å². The van der Waals surface area contributed by atoms with Crippen molar-refractivity contribution in [1.82, 2.24) is 10.3 Å². The molecular formula is C12H12ClN3OS. The molecule has 2 heterocycles. The fourth-order valence-corrected chi connectivity index (χ4v) is 2.51. The Morgan fingerprint density at radius 1 is 1.44 bits per heavy atom. The van der Waals surface area contributed by atoms with Crippen molar-refractivity contribution >= 4 is 34.5 Å². The third kappa shape index (κ3) is 3.00. The molecule has 0 fully saturated rings. The number of carbonyl (C=O) groups excluding carboxylic acids is 1. The Balaban J connectivity index is 2.05. The van der Waals surface area contributed by atoms with Gasteiger partial charge in [-0.1, -0.05) is 11.6 Å². The first-order valence-corrected chi connectivity index (χ1v) is 6.53. The third-order valence-electron chi connectivity index (χ3n) is 2.39. The lowest BCUT2D eigenvalue weighted by Crippen LogP contribution is -2.26. The van der Waals surface area contributed by atoms with Crippen LogP contribution in [0, 0.1) is 0 Å². The van der Waals surface area contributed by atoms with Gasteiger partial charge in [0.25, 0.3) is 5.91 Å². The van der Waals surface area contributed by atoms with E-state index in [1.807, 2.05) is 19.1 Å². The van der Waals surface area contributed by atoms with Crippen molar-refractivity contribution < 1.29 is 4.79 Å². The Bertz CT molecular complexity index is 553. The molecule has 1 amide bonds. The van der Waals surface area contributed by atoms with E-state index >= 15 is 0 Å². The summed E-state index contributed by atoms with van der Waals surface area (Å²) in [6.07, 6.45) is 1.46. The molecule has 0 bridgehead atoms. The quantitative estimate of drug-likeness (QED) is 0.909. The van der Waals surface area contributed by atoms with Gasteiger partial charge >= 0.3 is 0 Å². The maximum absolute atomic E-state index is 11.9. The van der Waals surface area contributed by atoms with E-state index in [1.165, 1.54) is 17.5 Å². The van der Waals surface area contributed by atoms with Gasteiger partial charge in [0.15, 0.2) is 0 Å². The van der Waals surface area contributed by atoms with Crippen molar-refractivity contribution in [2.45, 2.75) is 13.0 Å². The Kier molecular flexibility index (Phi) is 3.84. The molecule has 2 rings (SSSR count). The molecule has 18 heavy (non-hydrogen) atoms. The van der Waals surface area contributed by atoms with Gasteiger partial charge < -0.3 is 11.1 Å². The van der Waals surface area contributed by atoms with Crippen molar-refractivity contribution in [3.63, 3.8) is 0 Å². The normalized spacial score (nSPS) is 12.1. The molecule has 0 aliphatic carbocycles. The number of rotatable bonds is 3. The van der Waals surface area contributed by atoms with E-state index in [9.17, 15) is 4.79 Å². The van der Waals surface area contributed by atoms with Gasteiger partial charge in [0.1, 0.15) is 5.69 Å². The molecule has 94 valence electrons. The summed E-state index contributed by atoms with van der Waals surface area (Å²) in [4.78, 5) is 16.9. The van der Waals surface area contributed by atoms with Crippen LogP contribution < -0.4 is 11.1 Å². The van der Waals surface area contributed by atoms with Crippen LogP contribution in [0.3, 0.4) is 0 Å². The molecule has 0 saturated heterocycles. The summed E-state index contributed by atoms with van der Waals surface area (Å²) in [7, 11) is 0. The number of carbonyl (C=O) groups is 1. The molecule has 0 aliphatic heterocycles. The van der Waals surface area contributed by atoms with Crippen molar-refractivity contribution in [3.05, 3.63) is 45.4 Å². The number of hydrogen-bond donors (Lipinski definition) is 2. The lowest BCUT2D eigenvalue weighted by molar-refractivity contribution is 0.0935. The third-order valence-corrected chi connectivity index (χ3v) is 3.80. The molecule has 1 atom stereocenters. The standard InChI is InChI=1S/C12H12ClN3OS/c1-7(10-4-5-11(13)18-10)16-12(17)9-3-2-8(14)6-15-9/h2-7H,14H2,1H3,(H,16,17). The average molecular weight is 282 g/mol. The van der Waals surface area contributed by atoms with Gasteiger partial charge in [-0.15, -0.1) is 11.3 Å². The van der Waals surface area contributed by atoms with E-state index in [0.29, 0.717) is 15.7 Å². The molecule has 3 N–H and O–H groups in total. The Morgan fingerprint density at radius 3 is 2.78 bits per heavy atom. The molecule has 2 aromatic rings. The molecule has 1 unspecified atom stereocenters. The van der Waals surface area contributed by atoms with Gasteiger partial charge in [0.05, 0.1) is 22.3 Å². The second kappa shape index (κ2) is 5.37. The monoisotopic (exact) mass is 281 g/mol. The highest BCUT2D eigenvalue weighted by atomic mass is 35.5. The molecule has 2 aromatic heterocycles. The van der Waals surface area contributed by atoms with E-state index in [0.717, 1.165) is 4.88 Å². The number of aromatic nitrogens is 1. The highest BCUT2D eigenvalue weighted by Crippen LogP contribution is 2.26. The first kappa shape index (κ1) is 12.9. The Labute approximate surface area is 114 Å². The minimum absolute atomic E-state index is 0.102. The number of nitrogens with zero attached hydrogens (tertiary/aromatic N) is 1. The SMILES string of the molecule is CC(NC(=O)c1ccc(N)cn1)c1ccc(Cl)s1. The Morgan fingerprint density at radius 2 is 2.22 bits per heavy atom. The smallest absolute Gasteiger partial charge is 0.270 e. The minimum atomic E-state index is -0.230. The first-order chi connectivity index (χ1) is 8.56. The lowest BCUT2D eigenvalue weighted by Gasteiger charge is -2.11. The largest absolute Gasteiger partial charge is 0.397 e. The molecule has 0 spiro atoms. The highest BCUT2D eigenvalue weighted by Gasteiger charge is 2.13. The first-order valence-electron chi connectivity index (χ1n) is 5.34. The number of thiophene rings is 1. The predicted molar refractivity (Wildman–Crippen MR) is 73.9 cm³/mol. The van der Waals surface area contributed by atoms with Crippen LogP contribution in [0.4, 0.5) is 5.69 Å². The zero-order valence-electron chi connectivity index (χ0n) is 9.68. The molecule has 0 aliphatic rings. The fourth-order valence-electron chi connectivity index (χ4n) is 1.44. The summed E-state index contributed by atoms with van der Waals surface area (Å²) in [5.74, 6) is -0.230. The van der Waals surface area contributed by atoms with Crippen LogP contribution in [0.1, 0.15) is 28.3 Å². The van der Waals surface area contributed by atoms with Crippen LogP contribution in [0.15, 0.2) is 30.5 Å². The minimum Gasteiger partial charge on any atom is -0.397 e. The number of anilines is 1. The van der Waals surface area contributed by atoms with Crippen LogP contribution in [0.5, 0.6) is 0 Å². The zero-order chi connectivity index (χ0) is 13.1. The second-order valence-electron chi connectivity index (χ2n) is 3.81. The number of hydrogen-bond acceptors (Lipinski definition) is 4. The van der Waals surface area contributed by atoms with Crippen LogP contribution in [0.25, 0.3) is 0 Å². The number of nitrogens with one attached hydrogen (secondary N) is 1. The molecule has 6 heteroatoms. The number of halogens is 1. The summed E-state index contributed by atoms with van der Waals surface area (Å²) in [6.45, 7) is 1.90. The summed E-state index contributed by atoms with van der Waals surface area (Å²) >= 11 is 7.30. The summed E-state index contributed by atoms with van der Waals surface area (Å²) in [5.41, 5.74) is 6.39. The van der Waals surface area contributed by atoms with Crippen molar-refractivity contribution in [1.29, 1.82) is 0 Å². The second-order valence-corrected chi connectivity index (χ2v) is 5.56. The number of amides is 1. The molecular weight excluding hydrogens is 270 g/mol. The topological polar surface area (TPSA) is 68.0 Å². The summed E-state index contributed by atoms with van der Waals surface area (Å²) in [6, 6.07) is 6.85. The van der Waals surface area contributed by atoms with Crippen molar-refractivity contribution in [3.8, 4) is 0 Å². The number of nitrogens with two attached hydrogens (primary N) is 1. The maximum atomic E-state index is 11.9. The zero-order valence-corrected chi connectivity index (χ0v) is 11.3. The van der Waals surface area contributed by atoms with Crippen LogP contribution in [-0.2, 0) is 0 Å². The van der Waals surface area contributed by atoms with Gasteiger partial charge in [-0.3, -0.25) is 4.79 Å². The van der Waals surface area contributed by atoms with E-state index in [2.05, 4.69) is 10.3 Å². The van der Waals surface area contributed by atoms with Gasteiger partial charge in [-0.05, 0) is 31.2 Å². The highest BCUT2D eigenvalue weighted by molar-refractivity contribution is 7.16. The van der Waals surface area contributed by atoms with Gasteiger partial charge in [-0.25, -0.2) is 4.98 Å². The fraction of sp³-hybridized carbons (Fsp3) is 0.167. The van der Waals surface area contributed by atoms with Crippen LogP contribution in [0.2, 0.25) is 4.34 Å². The molecule has 4 nitrogen and oxygen atoms in total. The molecule has 0 aromatic carbocycles. The summed E-state index contributed by atoms with van der Waals surface area (Å²) < 4.78 is 0.705. The number of pyridine rings is 1. The van der Waals surface area contributed by atoms with E-state index in [-0.39, 0.29) is 11.9 Å². The van der Waals surface area contributed by atoms with Crippen LogP contribution in [-0.4, -0.2) is 10.9 Å². The van der Waals surface area contributed by atoms with E-state index in [1.54, 1.807) is 12.1 Å².